The number of sulfonamides is 1. The lowest BCUT2D eigenvalue weighted by molar-refractivity contribution is -0.120. The predicted molar refractivity (Wildman–Crippen MR) is 113 cm³/mol. The van der Waals surface area contributed by atoms with Crippen molar-refractivity contribution in [2.75, 3.05) is 24.7 Å². The number of benzene rings is 2. The van der Waals surface area contributed by atoms with Crippen LogP contribution in [0.1, 0.15) is 12.8 Å². The van der Waals surface area contributed by atoms with Gasteiger partial charge in [-0.3, -0.25) is 4.79 Å². The van der Waals surface area contributed by atoms with Gasteiger partial charge in [0.15, 0.2) is 5.13 Å². The van der Waals surface area contributed by atoms with Crippen molar-refractivity contribution in [2.45, 2.75) is 12.8 Å². The molecular formula is C20H21N3O3S2. The Hall–Kier alpha value is -2.29. The van der Waals surface area contributed by atoms with Crippen LogP contribution in [0.25, 0.3) is 22.0 Å². The van der Waals surface area contributed by atoms with E-state index in [4.69, 9.17) is 0 Å². The van der Waals surface area contributed by atoms with Crippen molar-refractivity contribution in [1.29, 1.82) is 0 Å². The summed E-state index contributed by atoms with van der Waals surface area (Å²) in [5.41, 5.74) is 1.84. The highest BCUT2D eigenvalue weighted by Crippen LogP contribution is 2.28. The molecule has 0 unspecified atom stereocenters. The molecule has 0 radical (unpaired) electrons. The second-order valence-electron chi connectivity index (χ2n) is 7.03. The molecule has 0 aliphatic carbocycles. The maximum absolute atomic E-state index is 12.5. The number of fused-ring (bicyclic) bond motifs is 1. The minimum absolute atomic E-state index is 0.0902. The third-order valence-electron chi connectivity index (χ3n) is 5.07. The van der Waals surface area contributed by atoms with Gasteiger partial charge in [0.1, 0.15) is 0 Å². The molecule has 1 aliphatic rings. The minimum atomic E-state index is -3.19. The van der Waals surface area contributed by atoms with E-state index in [2.05, 4.69) is 34.6 Å². The van der Waals surface area contributed by atoms with Crippen molar-refractivity contribution in [3.63, 3.8) is 0 Å². The van der Waals surface area contributed by atoms with Gasteiger partial charge in [0.25, 0.3) is 0 Å². The summed E-state index contributed by atoms with van der Waals surface area (Å²) in [4.78, 5) is 17.1. The molecule has 0 bridgehead atoms. The summed E-state index contributed by atoms with van der Waals surface area (Å²) in [6.45, 7) is 0.772. The zero-order valence-electron chi connectivity index (χ0n) is 15.5. The molecule has 1 amide bonds. The van der Waals surface area contributed by atoms with Crippen LogP contribution >= 0.6 is 11.3 Å². The third kappa shape index (κ3) is 4.09. The standard InChI is InChI=1S/C20H21N3O3S2/c1-28(25,26)23-10-8-15(9-11-23)19(24)22-20-21-18(13-27-20)17-7-6-14-4-2-3-5-16(14)12-17/h2-7,12-13,15H,8-11H2,1H3,(H,21,22,24). The number of carbonyl (C=O) groups is 1. The number of aromatic nitrogens is 1. The van der Waals surface area contributed by atoms with E-state index < -0.39 is 10.0 Å². The average molecular weight is 416 g/mol. The molecule has 2 heterocycles. The first-order chi connectivity index (χ1) is 13.4. The lowest BCUT2D eigenvalue weighted by Gasteiger charge is -2.29. The average Bonchev–Trinajstić information content (AvgIpc) is 3.15. The summed E-state index contributed by atoms with van der Waals surface area (Å²) < 4.78 is 24.6. The van der Waals surface area contributed by atoms with Crippen molar-refractivity contribution < 1.29 is 13.2 Å². The van der Waals surface area contributed by atoms with E-state index in [9.17, 15) is 13.2 Å². The van der Waals surface area contributed by atoms with Crippen LogP contribution in [0.4, 0.5) is 5.13 Å². The van der Waals surface area contributed by atoms with E-state index in [0.29, 0.717) is 31.1 Å². The summed E-state index contributed by atoms with van der Waals surface area (Å²) in [6, 6.07) is 14.4. The van der Waals surface area contributed by atoms with Crippen molar-refractivity contribution in [2.24, 2.45) is 5.92 Å². The molecule has 0 spiro atoms. The van der Waals surface area contributed by atoms with E-state index in [1.165, 1.54) is 27.3 Å². The normalized spacial score (nSPS) is 16.3. The zero-order chi connectivity index (χ0) is 19.7. The second kappa shape index (κ2) is 7.62. The Morgan fingerprint density at radius 1 is 1.14 bits per heavy atom. The van der Waals surface area contributed by atoms with Crippen molar-refractivity contribution >= 4 is 43.2 Å². The number of piperidine rings is 1. The number of rotatable bonds is 4. The van der Waals surface area contributed by atoms with Gasteiger partial charge in [-0.05, 0) is 29.7 Å². The molecule has 146 valence electrons. The van der Waals surface area contributed by atoms with Crippen LogP contribution in [0.3, 0.4) is 0 Å². The lowest BCUT2D eigenvalue weighted by Crippen LogP contribution is -2.40. The Morgan fingerprint density at radius 2 is 1.86 bits per heavy atom. The minimum Gasteiger partial charge on any atom is -0.302 e. The van der Waals surface area contributed by atoms with Crippen LogP contribution in [-0.2, 0) is 14.8 Å². The molecule has 3 aromatic rings. The maximum atomic E-state index is 12.5. The number of thiazole rings is 1. The molecule has 1 saturated heterocycles. The quantitative estimate of drug-likeness (QED) is 0.706. The topological polar surface area (TPSA) is 79.4 Å². The van der Waals surface area contributed by atoms with Crippen molar-refractivity contribution in [3.8, 4) is 11.3 Å². The number of anilines is 1. The summed E-state index contributed by atoms with van der Waals surface area (Å²) in [5.74, 6) is -0.279. The molecule has 1 N–H and O–H groups in total. The monoisotopic (exact) mass is 415 g/mol. The fourth-order valence-corrected chi connectivity index (χ4v) is 5.07. The SMILES string of the molecule is CS(=O)(=O)N1CCC(C(=O)Nc2nc(-c3ccc4ccccc4c3)cs2)CC1. The van der Waals surface area contributed by atoms with Gasteiger partial charge in [0, 0.05) is 30.0 Å². The summed E-state index contributed by atoms with van der Waals surface area (Å²) in [7, 11) is -3.19. The van der Waals surface area contributed by atoms with E-state index in [0.717, 1.165) is 16.6 Å². The molecule has 0 atom stereocenters. The highest BCUT2D eigenvalue weighted by Gasteiger charge is 2.29. The van der Waals surface area contributed by atoms with Crippen molar-refractivity contribution in [3.05, 3.63) is 47.8 Å². The Balaban J connectivity index is 1.42. The molecule has 8 heteroatoms. The Morgan fingerprint density at radius 3 is 2.57 bits per heavy atom. The zero-order valence-corrected chi connectivity index (χ0v) is 17.1. The smallest absolute Gasteiger partial charge is 0.229 e. The first kappa shape index (κ1) is 19.0. The lowest BCUT2D eigenvalue weighted by atomic mass is 9.97. The number of carbonyl (C=O) groups excluding carboxylic acids is 1. The molecule has 1 aliphatic heterocycles. The highest BCUT2D eigenvalue weighted by molar-refractivity contribution is 7.88. The molecule has 28 heavy (non-hydrogen) atoms. The van der Waals surface area contributed by atoms with Crippen LogP contribution in [-0.4, -0.2) is 43.0 Å². The van der Waals surface area contributed by atoms with Gasteiger partial charge in [-0.1, -0.05) is 36.4 Å². The molecule has 1 aromatic heterocycles. The Kier molecular flexibility index (Phi) is 5.18. The number of nitrogens with zero attached hydrogens (tertiary/aromatic N) is 2. The van der Waals surface area contributed by atoms with Gasteiger partial charge in [0.05, 0.1) is 11.9 Å². The number of nitrogens with one attached hydrogen (secondary N) is 1. The van der Waals surface area contributed by atoms with Crippen LogP contribution in [0, 0.1) is 5.92 Å². The van der Waals surface area contributed by atoms with Crippen LogP contribution < -0.4 is 5.32 Å². The first-order valence-corrected chi connectivity index (χ1v) is 11.8. The van der Waals surface area contributed by atoms with Gasteiger partial charge < -0.3 is 5.32 Å². The van der Waals surface area contributed by atoms with Crippen molar-refractivity contribution in [1.82, 2.24) is 9.29 Å². The fourth-order valence-electron chi connectivity index (χ4n) is 3.47. The van der Waals surface area contributed by atoms with E-state index >= 15 is 0 Å². The summed E-state index contributed by atoms with van der Waals surface area (Å²) in [6.07, 6.45) is 2.26. The molecule has 6 nitrogen and oxygen atoms in total. The fraction of sp³-hybridized carbons (Fsp3) is 0.300. The number of hydrogen-bond donors (Lipinski definition) is 1. The van der Waals surface area contributed by atoms with Crippen LogP contribution in [0.5, 0.6) is 0 Å². The molecule has 4 rings (SSSR count). The third-order valence-corrected chi connectivity index (χ3v) is 7.13. The number of amides is 1. The second-order valence-corrected chi connectivity index (χ2v) is 9.87. The summed E-state index contributed by atoms with van der Waals surface area (Å²) >= 11 is 1.40. The molecule has 0 saturated carbocycles. The van der Waals surface area contributed by atoms with E-state index in [-0.39, 0.29) is 11.8 Å². The first-order valence-electron chi connectivity index (χ1n) is 9.11. The number of hydrogen-bond acceptors (Lipinski definition) is 5. The summed E-state index contributed by atoms with van der Waals surface area (Å²) in [5, 5.41) is 7.72. The van der Waals surface area contributed by atoms with Gasteiger partial charge in [-0.15, -0.1) is 11.3 Å². The molecule has 1 fully saturated rings. The largest absolute Gasteiger partial charge is 0.302 e. The van der Waals surface area contributed by atoms with Gasteiger partial charge in [-0.25, -0.2) is 17.7 Å². The van der Waals surface area contributed by atoms with Gasteiger partial charge >= 0.3 is 0 Å². The van der Waals surface area contributed by atoms with E-state index in [1.807, 2.05) is 23.6 Å². The maximum Gasteiger partial charge on any atom is 0.229 e. The molecule has 2 aromatic carbocycles. The Bertz CT molecular complexity index is 1120. The van der Waals surface area contributed by atoms with E-state index in [1.54, 1.807) is 0 Å². The van der Waals surface area contributed by atoms with Gasteiger partial charge in [-0.2, -0.15) is 0 Å². The van der Waals surface area contributed by atoms with Crippen LogP contribution in [0.2, 0.25) is 0 Å². The highest BCUT2D eigenvalue weighted by atomic mass is 32.2. The van der Waals surface area contributed by atoms with Gasteiger partial charge in [0.2, 0.25) is 15.9 Å². The van der Waals surface area contributed by atoms with Crippen LogP contribution in [0.15, 0.2) is 47.8 Å². The Labute approximate surface area is 168 Å². The molecular weight excluding hydrogens is 394 g/mol. The predicted octanol–water partition coefficient (Wildman–Crippen LogP) is 3.57.